The van der Waals surface area contributed by atoms with Crippen LogP contribution in [0.3, 0.4) is 0 Å². The third-order valence-corrected chi connectivity index (χ3v) is 6.69. The molecule has 0 radical (unpaired) electrons. The van der Waals surface area contributed by atoms with Crippen LogP contribution in [0, 0.1) is 6.92 Å². The Hall–Kier alpha value is -2.60. The maximum atomic E-state index is 12.9. The van der Waals surface area contributed by atoms with Gasteiger partial charge in [-0.05, 0) is 49.8 Å². The van der Waals surface area contributed by atoms with E-state index in [1.807, 2.05) is 42.8 Å². The molecule has 1 aromatic heterocycles. The van der Waals surface area contributed by atoms with E-state index in [0.717, 1.165) is 41.4 Å². The van der Waals surface area contributed by atoms with E-state index in [4.69, 9.17) is 0 Å². The molecule has 2 aromatic carbocycles. The number of carbonyl (C=O) groups is 1. The van der Waals surface area contributed by atoms with Crippen LogP contribution in [0.4, 0.5) is 0 Å². The van der Waals surface area contributed by atoms with Crippen molar-refractivity contribution >= 4 is 17.7 Å². The molecule has 1 amide bonds. The molecule has 0 unspecified atom stereocenters. The predicted octanol–water partition coefficient (Wildman–Crippen LogP) is 4.46. The van der Waals surface area contributed by atoms with Gasteiger partial charge in [-0.25, -0.2) is 0 Å². The number of fused-ring (bicyclic) bond motifs is 1. The van der Waals surface area contributed by atoms with Crippen LogP contribution >= 0.6 is 11.8 Å². The molecule has 0 saturated carbocycles. The molecule has 1 N–H and O–H groups in total. The van der Waals surface area contributed by atoms with Crippen LogP contribution in [0.25, 0.3) is 11.4 Å². The zero-order chi connectivity index (χ0) is 20.4. The number of aromatic nitrogens is 3. The van der Waals surface area contributed by atoms with Gasteiger partial charge in [0.2, 0.25) is 5.91 Å². The van der Waals surface area contributed by atoms with E-state index in [1.54, 1.807) is 0 Å². The molecule has 2 atom stereocenters. The smallest absolute Gasteiger partial charge is 0.233 e. The molecule has 0 saturated heterocycles. The van der Waals surface area contributed by atoms with E-state index < -0.39 is 0 Å². The fourth-order valence-electron chi connectivity index (χ4n) is 3.88. The molecule has 29 heavy (non-hydrogen) atoms. The summed E-state index contributed by atoms with van der Waals surface area (Å²) < 4.78 is 1.96. The van der Waals surface area contributed by atoms with E-state index in [9.17, 15) is 4.79 Å². The number of hydrogen-bond acceptors (Lipinski definition) is 4. The first-order valence-electron chi connectivity index (χ1n) is 10.0. The molecule has 0 bridgehead atoms. The van der Waals surface area contributed by atoms with Crippen molar-refractivity contribution in [3.8, 4) is 11.4 Å². The Balaban J connectivity index is 1.46. The number of hydrogen-bond donors (Lipinski definition) is 1. The molecule has 6 heteroatoms. The van der Waals surface area contributed by atoms with Gasteiger partial charge in [-0.1, -0.05) is 60.3 Å². The molecule has 0 aliphatic heterocycles. The highest BCUT2D eigenvalue weighted by Crippen LogP contribution is 2.31. The van der Waals surface area contributed by atoms with Crippen molar-refractivity contribution < 1.29 is 4.79 Å². The molecular formula is C23H26N4OS. The van der Waals surface area contributed by atoms with Gasteiger partial charge in [-0.15, -0.1) is 10.2 Å². The fourth-order valence-corrected chi connectivity index (χ4v) is 4.70. The Morgan fingerprint density at radius 3 is 2.76 bits per heavy atom. The summed E-state index contributed by atoms with van der Waals surface area (Å²) in [6.45, 7) is 3.99. The monoisotopic (exact) mass is 406 g/mol. The Kier molecular flexibility index (Phi) is 5.72. The van der Waals surface area contributed by atoms with Crippen molar-refractivity contribution in [2.45, 2.75) is 49.6 Å². The molecule has 1 heterocycles. The summed E-state index contributed by atoms with van der Waals surface area (Å²) in [6.07, 6.45) is 3.18. The van der Waals surface area contributed by atoms with Gasteiger partial charge in [0.05, 0.1) is 11.3 Å². The average molecular weight is 407 g/mol. The van der Waals surface area contributed by atoms with Gasteiger partial charge in [-0.3, -0.25) is 4.79 Å². The summed E-state index contributed by atoms with van der Waals surface area (Å²) in [5.41, 5.74) is 4.82. The van der Waals surface area contributed by atoms with E-state index in [2.05, 4.69) is 46.7 Å². The van der Waals surface area contributed by atoms with Crippen LogP contribution < -0.4 is 5.32 Å². The van der Waals surface area contributed by atoms with Gasteiger partial charge in [0.15, 0.2) is 11.0 Å². The average Bonchev–Trinajstić information content (AvgIpc) is 3.08. The zero-order valence-electron chi connectivity index (χ0n) is 17.1. The van der Waals surface area contributed by atoms with Gasteiger partial charge < -0.3 is 9.88 Å². The second-order valence-corrected chi connectivity index (χ2v) is 8.90. The van der Waals surface area contributed by atoms with Gasteiger partial charge in [0, 0.05) is 12.6 Å². The van der Waals surface area contributed by atoms with E-state index >= 15 is 0 Å². The van der Waals surface area contributed by atoms with Gasteiger partial charge >= 0.3 is 0 Å². The number of thioether (sulfide) groups is 1. The standard InChI is InChI=1S/C23H26N4OS/c1-15-9-4-6-12-18(15)21-25-26-23(27(21)3)29-16(2)22(28)24-20-14-8-11-17-10-5-7-13-19(17)20/h4-7,9-10,12-13,16,20H,8,11,14H2,1-3H3,(H,24,28)/t16-,20-/m1/s1. The highest BCUT2D eigenvalue weighted by atomic mass is 32.2. The lowest BCUT2D eigenvalue weighted by molar-refractivity contribution is -0.121. The van der Waals surface area contributed by atoms with Crippen molar-refractivity contribution in [3.05, 3.63) is 65.2 Å². The van der Waals surface area contributed by atoms with Crippen molar-refractivity contribution in [2.24, 2.45) is 7.05 Å². The molecular weight excluding hydrogens is 380 g/mol. The maximum Gasteiger partial charge on any atom is 0.233 e. The van der Waals surface area contributed by atoms with Crippen LogP contribution in [0.1, 0.15) is 42.5 Å². The minimum atomic E-state index is -0.253. The SMILES string of the molecule is Cc1ccccc1-c1nnc(S[C@H](C)C(=O)N[C@@H]2CCCc3ccccc32)n1C. The fraction of sp³-hybridized carbons (Fsp3) is 0.348. The first-order valence-corrected chi connectivity index (χ1v) is 10.9. The molecule has 5 nitrogen and oxygen atoms in total. The quantitative estimate of drug-likeness (QED) is 0.635. The third-order valence-electron chi connectivity index (χ3n) is 5.56. The molecule has 1 aliphatic rings. The molecule has 0 fully saturated rings. The van der Waals surface area contributed by atoms with Crippen LogP contribution in [0.2, 0.25) is 0 Å². The number of carbonyl (C=O) groups excluding carboxylic acids is 1. The first-order chi connectivity index (χ1) is 14.0. The van der Waals surface area contributed by atoms with Crippen LogP contribution in [-0.4, -0.2) is 25.9 Å². The molecule has 0 spiro atoms. The Morgan fingerprint density at radius 2 is 1.93 bits per heavy atom. The van der Waals surface area contributed by atoms with Crippen LogP contribution in [0.5, 0.6) is 0 Å². The lowest BCUT2D eigenvalue weighted by Crippen LogP contribution is -2.36. The second kappa shape index (κ2) is 8.41. The first kappa shape index (κ1) is 19.7. The highest BCUT2D eigenvalue weighted by molar-refractivity contribution is 8.00. The van der Waals surface area contributed by atoms with E-state index in [1.165, 1.54) is 22.9 Å². The lowest BCUT2D eigenvalue weighted by atomic mass is 9.88. The van der Waals surface area contributed by atoms with Gasteiger partial charge in [-0.2, -0.15) is 0 Å². The Morgan fingerprint density at radius 1 is 1.17 bits per heavy atom. The van der Waals surface area contributed by atoms with Gasteiger partial charge in [0.1, 0.15) is 0 Å². The normalized spacial score (nSPS) is 16.9. The van der Waals surface area contributed by atoms with Crippen LogP contribution in [0.15, 0.2) is 53.7 Å². The van der Waals surface area contributed by atoms with E-state index in [-0.39, 0.29) is 17.2 Å². The Labute approximate surface area is 175 Å². The predicted molar refractivity (Wildman–Crippen MR) is 117 cm³/mol. The summed E-state index contributed by atoms with van der Waals surface area (Å²) >= 11 is 1.45. The topological polar surface area (TPSA) is 59.8 Å². The molecule has 3 aromatic rings. The molecule has 4 rings (SSSR count). The number of nitrogens with one attached hydrogen (secondary N) is 1. The minimum Gasteiger partial charge on any atom is -0.348 e. The lowest BCUT2D eigenvalue weighted by Gasteiger charge is -2.27. The van der Waals surface area contributed by atoms with Crippen molar-refractivity contribution in [3.63, 3.8) is 0 Å². The molecule has 1 aliphatic carbocycles. The summed E-state index contributed by atoms with van der Waals surface area (Å²) in [5, 5.41) is 12.4. The number of aryl methyl sites for hydroxylation is 2. The Bertz CT molecular complexity index is 1030. The number of rotatable bonds is 5. The number of benzene rings is 2. The third kappa shape index (κ3) is 4.08. The summed E-state index contributed by atoms with van der Waals surface area (Å²) in [5.74, 6) is 0.858. The zero-order valence-corrected chi connectivity index (χ0v) is 17.9. The second-order valence-electron chi connectivity index (χ2n) is 7.59. The highest BCUT2D eigenvalue weighted by Gasteiger charge is 2.25. The largest absolute Gasteiger partial charge is 0.348 e. The number of amides is 1. The summed E-state index contributed by atoms with van der Waals surface area (Å²) in [7, 11) is 1.95. The van der Waals surface area contributed by atoms with Crippen molar-refractivity contribution in [2.75, 3.05) is 0 Å². The maximum absolute atomic E-state index is 12.9. The van der Waals surface area contributed by atoms with Gasteiger partial charge in [0.25, 0.3) is 0 Å². The molecule has 150 valence electrons. The number of nitrogens with zero attached hydrogens (tertiary/aromatic N) is 3. The summed E-state index contributed by atoms with van der Waals surface area (Å²) in [6, 6.07) is 16.6. The van der Waals surface area contributed by atoms with Crippen LogP contribution in [-0.2, 0) is 18.3 Å². The summed E-state index contributed by atoms with van der Waals surface area (Å²) in [4.78, 5) is 12.9. The minimum absolute atomic E-state index is 0.0390. The van der Waals surface area contributed by atoms with Crippen molar-refractivity contribution in [1.29, 1.82) is 0 Å². The van der Waals surface area contributed by atoms with E-state index in [0.29, 0.717) is 0 Å². The van der Waals surface area contributed by atoms with Crippen molar-refractivity contribution in [1.82, 2.24) is 20.1 Å².